The van der Waals surface area contributed by atoms with E-state index >= 15 is 0 Å². The molecule has 1 unspecified atom stereocenters. The average Bonchev–Trinajstić information content (AvgIpc) is 3.00. The quantitative estimate of drug-likeness (QED) is 0.828. The minimum atomic E-state index is 0. The van der Waals surface area contributed by atoms with Crippen molar-refractivity contribution in [2.75, 3.05) is 39.1 Å². The van der Waals surface area contributed by atoms with Crippen LogP contribution < -0.4 is 10.1 Å². The number of fused-ring (bicyclic) bond motifs is 1. The second kappa shape index (κ2) is 6.10. The molecule has 1 N–H and O–H groups in total. The zero-order chi connectivity index (χ0) is 13.0. The zero-order valence-electron chi connectivity index (χ0n) is 11.7. The number of ether oxygens (including phenoxy) is 1. The van der Waals surface area contributed by atoms with Gasteiger partial charge in [-0.25, -0.2) is 0 Å². The van der Waals surface area contributed by atoms with E-state index < -0.39 is 0 Å². The van der Waals surface area contributed by atoms with Gasteiger partial charge in [-0.05, 0) is 45.1 Å². The summed E-state index contributed by atoms with van der Waals surface area (Å²) in [5.41, 5.74) is 2.54. The standard InChI is InChI=1S/C10H13NO.C5H11N.H2/c1-7-6-11-8-4-3-5-9(12-2)10(7)8;1-6-4-2-3-5-6;/h3-5,7,11H,6H2,1-2H3;2-5H2,1H3;1H. The van der Waals surface area contributed by atoms with Gasteiger partial charge in [0.05, 0.1) is 7.11 Å². The van der Waals surface area contributed by atoms with Crippen LogP contribution in [-0.4, -0.2) is 38.7 Å². The molecule has 1 atom stereocenters. The number of methoxy groups -OCH3 is 1. The molecule has 2 aliphatic heterocycles. The zero-order valence-corrected chi connectivity index (χ0v) is 11.7. The number of nitrogens with zero attached hydrogens (tertiary/aromatic N) is 1. The Morgan fingerprint density at radius 3 is 2.61 bits per heavy atom. The van der Waals surface area contributed by atoms with Gasteiger partial charge in [0.2, 0.25) is 0 Å². The van der Waals surface area contributed by atoms with E-state index in [-0.39, 0.29) is 1.43 Å². The molecule has 0 amide bonds. The summed E-state index contributed by atoms with van der Waals surface area (Å²) >= 11 is 0. The molecular formula is C15H26N2O. The van der Waals surface area contributed by atoms with Gasteiger partial charge in [0.15, 0.2) is 0 Å². The minimum absolute atomic E-state index is 0. The first-order valence-corrected chi connectivity index (χ1v) is 6.81. The van der Waals surface area contributed by atoms with Crippen molar-refractivity contribution in [3.63, 3.8) is 0 Å². The Bertz CT molecular complexity index is 392. The second-order valence-corrected chi connectivity index (χ2v) is 5.21. The SMILES string of the molecule is CN1CCCC1.COc1cccc2c1C(C)CN2.[HH]. The van der Waals surface area contributed by atoms with Crippen LogP contribution in [-0.2, 0) is 0 Å². The van der Waals surface area contributed by atoms with Crippen LogP contribution in [0.1, 0.15) is 32.7 Å². The average molecular weight is 250 g/mol. The number of rotatable bonds is 1. The van der Waals surface area contributed by atoms with Crippen LogP contribution in [0.2, 0.25) is 0 Å². The number of benzene rings is 1. The summed E-state index contributed by atoms with van der Waals surface area (Å²) in [5, 5.41) is 3.34. The Morgan fingerprint density at radius 1 is 1.33 bits per heavy atom. The Labute approximate surface area is 112 Å². The van der Waals surface area contributed by atoms with E-state index in [0.717, 1.165) is 12.3 Å². The first-order chi connectivity index (χ1) is 8.72. The van der Waals surface area contributed by atoms with Crippen molar-refractivity contribution in [1.82, 2.24) is 4.90 Å². The van der Waals surface area contributed by atoms with Crippen molar-refractivity contribution in [2.45, 2.75) is 25.7 Å². The molecule has 1 aromatic rings. The molecule has 1 saturated heterocycles. The van der Waals surface area contributed by atoms with Crippen molar-refractivity contribution in [3.8, 4) is 5.75 Å². The molecule has 102 valence electrons. The van der Waals surface area contributed by atoms with E-state index in [0.29, 0.717) is 5.92 Å². The van der Waals surface area contributed by atoms with Gasteiger partial charge in [0.25, 0.3) is 0 Å². The summed E-state index contributed by atoms with van der Waals surface area (Å²) in [4.78, 5) is 2.36. The molecule has 18 heavy (non-hydrogen) atoms. The number of anilines is 1. The van der Waals surface area contributed by atoms with Gasteiger partial charge in [-0.1, -0.05) is 13.0 Å². The predicted molar refractivity (Wildman–Crippen MR) is 78.7 cm³/mol. The van der Waals surface area contributed by atoms with Crippen LogP contribution in [0.4, 0.5) is 5.69 Å². The lowest BCUT2D eigenvalue weighted by Gasteiger charge is -2.08. The Hall–Kier alpha value is -1.22. The molecule has 1 aromatic carbocycles. The minimum Gasteiger partial charge on any atom is -0.496 e. The fourth-order valence-electron chi connectivity index (χ4n) is 2.62. The number of likely N-dealkylation sites (tertiary alicyclic amines) is 1. The topological polar surface area (TPSA) is 24.5 Å². The van der Waals surface area contributed by atoms with Gasteiger partial charge in [-0.15, -0.1) is 0 Å². The van der Waals surface area contributed by atoms with Gasteiger partial charge in [-0.3, -0.25) is 0 Å². The van der Waals surface area contributed by atoms with E-state index in [1.54, 1.807) is 7.11 Å². The summed E-state index contributed by atoms with van der Waals surface area (Å²) in [6, 6.07) is 6.13. The third-order valence-electron chi connectivity index (χ3n) is 3.71. The highest BCUT2D eigenvalue weighted by molar-refractivity contribution is 5.63. The van der Waals surface area contributed by atoms with E-state index in [1.165, 1.54) is 37.2 Å². The lowest BCUT2D eigenvalue weighted by Crippen LogP contribution is -2.10. The molecule has 0 bridgehead atoms. The summed E-state index contributed by atoms with van der Waals surface area (Å²) in [6.45, 7) is 5.87. The van der Waals surface area contributed by atoms with Crippen LogP contribution in [0.5, 0.6) is 5.75 Å². The van der Waals surface area contributed by atoms with Crippen LogP contribution in [0.25, 0.3) is 0 Å². The first kappa shape index (κ1) is 13.2. The van der Waals surface area contributed by atoms with Crippen LogP contribution in [0.15, 0.2) is 18.2 Å². The smallest absolute Gasteiger partial charge is 0.124 e. The van der Waals surface area contributed by atoms with Crippen molar-refractivity contribution < 1.29 is 6.16 Å². The van der Waals surface area contributed by atoms with Crippen molar-refractivity contribution >= 4 is 5.69 Å². The van der Waals surface area contributed by atoms with Gasteiger partial charge in [0, 0.05) is 25.1 Å². The van der Waals surface area contributed by atoms with Crippen molar-refractivity contribution in [3.05, 3.63) is 23.8 Å². The summed E-state index contributed by atoms with van der Waals surface area (Å²) < 4.78 is 5.29. The predicted octanol–water partition coefficient (Wildman–Crippen LogP) is 3.18. The maximum Gasteiger partial charge on any atom is 0.124 e. The molecule has 0 aromatic heterocycles. The third-order valence-corrected chi connectivity index (χ3v) is 3.71. The van der Waals surface area contributed by atoms with Crippen LogP contribution in [0.3, 0.4) is 0 Å². The van der Waals surface area contributed by atoms with Gasteiger partial charge in [0.1, 0.15) is 5.75 Å². The third kappa shape index (κ3) is 2.96. The molecule has 2 heterocycles. The van der Waals surface area contributed by atoms with Gasteiger partial charge in [-0.2, -0.15) is 0 Å². The lowest BCUT2D eigenvalue weighted by atomic mass is 10.0. The second-order valence-electron chi connectivity index (χ2n) is 5.21. The number of hydrogen-bond acceptors (Lipinski definition) is 3. The molecule has 0 aliphatic carbocycles. The Morgan fingerprint density at radius 2 is 2.06 bits per heavy atom. The largest absolute Gasteiger partial charge is 0.496 e. The van der Waals surface area contributed by atoms with E-state index in [1.807, 2.05) is 12.1 Å². The van der Waals surface area contributed by atoms with E-state index in [2.05, 4.69) is 30.3 Å². The molecule has 1 fully saturated rings. The van der Waals surface area contributed by atoms with E-state index in [4.69, 9.17) is 4.74 Å². The molecule has 0 spiro atoms. The highest BCUT2D eigenvalue weighted by Gasteiger charge is 2.21. The maximum absolute atomic E-state index is 5.29. The molecule has 3 rings (SSSR count). The molecule has 0 saturated carbocycles. The fourth-order valence-corrected chi connectivity index (χ4v) is 2.62. The summed E-state index contributed by atoms with van der Waals surface area (Å²) in [5.74, 6) is 1.57. The van der Waals surface area contributed by atoms with Gasteiger partial charge < -0.3 is 15.0 Å². The molecule has 3 heteroatoms. The monoisotopic (exact) mass is 250 g/mol. The normalized spacial score (nSPS) is 21.8. The van der Waals surface area contributed by atoms with Crippen molar-refractivity contribution in [2.24, 2.45) is 0 Å². The van der Waals surface area contributed by atoms with Crippen molar-refractivity contribution in [1.29, 1.82) is 0 Å². The lowest BCUT2D eigenvalue weighted by molar-refractivity contribution is 0.409. The molecule has 2 aliphatic rings. The number of nitrogens with one attached hydrogen (secondary N) is 1. The van der Waals surface area contributed by atoms with Crippen LogP contribution >= 0.6 is 0 Å². The molecular weight excluding hydrogens is 224 g/mol. The molecule has 0 radical (unpaired) electrons. The van der Waals surface area contributed by atoms with Gasteiger partial charge >= 0.3 is 0 Å². The number of hydrogen-bond donors (Lipinski definition) is 1. The molecule has 3 nitrogen and oxygen atoms in total. The highest BCUT2D eigenvalue weighted by Crippen LogP contribution is 2.37. The fraction of sp³-hybridized carbons (Fsp3) is 0.600. The maximum atomic E-state index is 5.29. The van der Waals surface area contributed by atoms with Crippen LogP contribution in [0, 0.1) is 0 Å². The highest BCUT2D eigenvalue weighted by atomic mass is 16.5. The Kier molecular flexibility index (Phi) is 4.48. The Balaban J connectivity index is 0.000000220. The summed E-state index contributed by atoms with van der Waals surface area (Å²) in [7, 11) is 3.90. The first-order valence-electron chi connectivity index (χ1n) is 6.81. The van der Waals surface area contributed by atoms with E-state index in [9.17, 15) is 0 Å². The summed E-state index contributed by atoms with van der Waals surface area (Å²) in [6.07, 6.45) is 2.83.